The van der Waals surface area contributed by atoms with Gasteiger partial charge in [-0.3, -0.25) is 0 Å². The maximum Gasteiger partial charge on any atom is 0.0570 e. The predicted molar refractivity (Wildman–Crippen MR) is 234 cm³/mol. The second-order valence-corrected chi connectivity index (χ2v) is 16.7. The molecule has 2 aliphatic rings. The molecule has 0 saturated heterocycles. The Morgan fingerprint density at radius 2 is 1.02 bits per heavy atom. The number of aryl methyl sites for hydroxylation is 2. The quantitative estimate of drug-likeness (QED) is 0.172. The van der Waals surface area contributed by atoms with Gasteiger partial charge in [-0.15, -0.1) is 0 Å². The molecule has 0 unspecified atom stereocenters. The Labute approximate surface area is 325 Å². The van der Waals surface area contributed by atoms with Crippen LogP contribution in [0.2, 0.25) is 0 Å². The lowest BCUT2D eigenvalue weighted by atomic mass is 9.82. The number of hydrogen-bond donors (Lipinski definition) is 0. The van der Waals surface area contributed by atoms with E-state index in [1.165, 1.54) is 106 Å². The lowest BCUT2D eigenvalue weighted by Crippen LogP contribution is -2.18. The minimum atomic E-state index is -0.135. The average molecular weight is 708 g/mol. The van der Waals surface area contributed by atoms with E-state index in [-0.39, 0.29) is 10.8 Å². The molecular formula is C54H45N. The van der Waals surface area contributed by atoms with Gasteiger partial charge in [0, 0.05) is 27.6 Å². The first-order valence-electron chi connectivity index (χ1n) is 19.6. The van der Waals surface area contributed by atoms with Crippen LogP contribution >= 0.6 is 0 Å². The molecule has 0 saturated carbocycles. The van der Waals surface area contributed by atoms with Gasteiger partial charge in [0.2, 0.25) is 0 Å². The Balaban J connectivity index is 1.32. The fourth-order valence-electron chi connectivity index (χ4n) is 9.80. The van der Waals surface area contributed by atoms with E-state index < -0.39 is 0 Å². The summed E-state index contributed by atoms with van der Waals surface area (Å²) < 4.78 is 0. The summed E-state index contributed by atoms with van der Waals surface area (Å²) in [6.07, 6.45) is 0. The smallest absolute Gasteiger partial charge is 0.0570 e. The van der Waals surface area contributed by atoms with E-state index in [2.05, 4.69) is 210 Å². The van der Waals surface area contributed by atoms with Crippen LogP contribution in [0.5, 0.6) is 0 Å². The van der Waals surface area contributed by atoms with Gasteiger partial charge in [0.15, 0.2) is 0 Å². The number of benzene rings is 8. The third kappa shape index (κ3) is 4.99. The highest BCUT2D eigenvalue weighted by Crippen LogP contribution is 2.57. The number of anilines is 3. The molecule has 0 N–H and O–H groups in total. The van der Waals surface area contributed by atoms with Crippen LogP contribution in [0.1, 0.15) is 61.1 Å². The molecule has 2 aliphatic carbocycles. The van der Waals surface area contributed by atoms with Gasteiger partial charge in [0.05, 0.1) is 11.4 Å². The lowest BCUT2D eigenvalue weighted by Gasteiger charge is -2.33. The summed E-state index contributed by atoms with van der Waals surface area (Å²) >= 11 is 0. The average Bonchev–Trinajstić information content (AvgIpc) is 3.58. The van der Waals surface area contributed by atoms with Gasteiger partial charge in [-0.25, -0.2) is 0 Å². The van der Waals surface area contributed by atoms with Crippen LogP contribution < -0.4 is 4.90 Å². The molecular weight excluding hydrogens is 663 g/mol. The van der Waals surface area contributed by atoms with E-state index in [0.717, 1.165) is 0 Å². The number of nitrogens with zero attached hydrogens (tertiary/aromatic N) is 1. The first-order chi connectivity index (χ1) is 26.6. The van der Waals surface area contributed by atoms with Crippen molar-refractivity contribution < 1.29 is 0 Å². The molecule has 8 aromatic carbocycles. The third-order valence-electron chi connectivity index (χ3n) is 12.6. The van der Waals surface area contributed by atoms with Gasteiger partial charge in [-0.1, -0.05) is 167 Å². The molecule has 0 fully saturated rings. The largest absolute Gasteiger partial charge is 0.309 e. The Kier molecular flexibility index (Phi) is 7.39. The summed E-state index contributed by atoms with van der Waals surface area (Å²) in [5.74, 6) is 0. The fraction of sp³-hybridized carbons (Fsp3) is 0.148. The van der Waals surface area contributed by atoms with Crippen molar-refractivity contribution in [3.63, 3.8) is 0 Å². The van der Waals surface area contributed by atoms with Crippen molar-refractivity contribution >= 4 is 27.8 Å². The molecule has 8 aromatic rings. The minimum absolute atomic E-state index is 0.127. The number of hydrogen-bond acceptors (Lipinski definition) is 1. The Bertz CT molecular complexity index is 2830. The highest BCUT2D eigenvalue weighted by atomic mass is 15.2. The molecule has 266 valence electrons. The van der Waals surface area contributed by atoms with Crippen molar-refractivity contribution in [3.8, 4) is 44.5 Å². The first-order valence-corrected chi connectivity index (χ1v) is 19.6. The van der Waals surface area contributed by atoms with Crippen LogP contribution in [0.15, 0.2) is 164 Å². The topological polar surface area (TPSA) is 3.24 Å². The molecule has 0 spiro atoms. The summed E-state index contributed by atoms with van der Waals surface area (Å²) in [5.41, 5.74) is 21.5. The van der Waals surface area contributed by atoms with Crippen molar-refractivity contribution in [2.75, 3.05) is 4.90 Å². The van der Waals surface area contributed by atoms with Gasteiger partial charge >= 0.3 is 0 Å². The van der Waals surface area contributed by atoms with E-state index in [9.17, 15) is 0 Å². The van der Waals surface area contributed by atoms with Crippen LogP contribution in [0.3, 0.4) is 0 Å². The molecule has 0 radical (unpaired) electrons. The summed E-state index contributed by atoms with van der Waals surface area (Å²) in [5, 5.41) is 2.49. The van der Waals surface area contributed by atoms with Gasteiger partial charge in [0.1, 0.15) is 0 Å². The fourth-order valence-corrected chi connectivity index (χ4v) is 9.80. The van der Waals surface area contributed by atoms with E-state index >= 15 is 0 Å². The second kappa shape index (κ2) is 12.2. The van der Waals surface area contributed by atoms with E-state index in [0.29, 0.717) is 0 Å². The van der Waals surface area contributed by atoms with Crippen molar-refractivity contribution in [3.05, 3.63) is 197 Å². The van der Waals surface area contributed by atoms with Gasteiger partial charge in [0.25, 0.3) is 0 Å². The molecule has 55 heavy (non-hydrogen) atoms. The summed E-state index contributed by atoms with van der Waals surface area (Å²) in [4.78, 5) is 2.60. The Morgan fingerprint density at radius 1 is 0.418 bits per heavy atom. The molecule has 0 atom stereocenters. The predicted octanol–water partition coefficient (Wildman–Crippen LogP) is 14.9. The molecule has 0 aliphatic heterocycles. The zero-order valence-electron chi connectivity index (χ0n) is 32.5. The highest BCUT2D eigenvalue weighted by Gasteiger charge is 2.39. The molecule has 0 bridgehead atoms. The standard InChI is InChI=1S/C54H45N/c1-34-25-27-36(28-26-34)38-31-35(2)52(45(32-38)41-20-13-16-37-15-7-8-17-40(37)41)55(39-29-30-43-42-18-9-11-21-46(42)54(5,6)49(43)33-39)50-24-14-23-48-51(50)44-19-10-12-22-47(44)53(48,3)4/h7-33H,1-6H3. The van der Waals surface area contributed by atoms with Crippen LogP contribution in [0, 0.1) is 13.8 Å². The SMILES string of the molecule is Cc1ccc(-c2cc(C)c(N(c3ccc4c(c3)C(C)(C)c3ccccc3-4)c3cccc4c3-c3ccccc3C4(C)C)c(-c3cccc4ccccc34)c2)cc1. The second-order valence-electron chi connectivity index (χ2n) is 16.7. The molecule has 1 heteroatoms. The maximum atomic E-state index is 2.60. The lowest BCUT2D eigenvalue weighted by molar-refractivity contribution is 0.660. The summed E-state index contributed by atoms with van der Waals surface area (Å²) in [7, 11) is 0. The summed E-state index contributed by atoms with van der Waals surface area (Å²) in [6, 6.07) is 61.6. The number of fused-ring (bicyclic) bond motifs is 7. The molecule has 0 heterocycles. The maximum absolute atomic E-state index is 2.60. The highest BCUT2D eigenvalue weighted by molar-refractivity contribution is 6.05. The Hall–Kier alpha value is -6.18. The van der Waals surface area contributed by atoms with Crippen molar-refractivity contribution in [2.24, 2.45) is 0 Å². The van der Waals surface area contributed by atoms with E-state index in [4.69, 9.17) is 0 Å². The molecule has 0 aromatic heterocycles. The van der Waals surface area contributed by atoms with Gasteiger partial charge < -0.3 is 4.90 Å². The Morgan fingerprint density at radius 3 is 1.82 bits per heavy atom. The minimum Gasteiger partial charge on any atom is -0.309 e. The van der Waals surface area contributed by atoms with E-state index in [1.54, 1.807) is 0 Å². The van der Waals surface area contributed by atoms with Crippen molar-refractivity contribution in [2.45, 2.75) is 52.4 Å². The normalized spacial score (nSPS) is 14.3. The van der Waals surface area contributed by atoms with Gasteiger partial charge in [-0.05, 0) is 116 Å². The molecule has 10 rings (SSSR count). The third-order valence-corrected chi connectivity index (χ3v) is 12.6. The van der Waals surface area contributed by atoms with E-state index in [1.807, 2.05) is 0 Å². The van der Waals surface area contributed by atoms with Crippen LogP contribution in [-0.4, -0.2) is 0 Å². The van der Waals surface area contributed by atoms with Crippen LogP contribution in [0.4, 0.5) is 17.1 Å². The number of rotatable bonds is 5. The monoisotopic (exact) mass is 707 g/mol. The molecule has 1 nitrogen and oxygen atoms in total. The van der Waals surface area contributed by atoms with Gasteiger partial charge in [-0.2, -0.15) is 0 Å². The van der Waals surface area contributed by atoms with Crippen molar-refractivity contribution in [1.29, 1.82) is 0 Å². The summed E-state index contributed by atoms with van der Waals surface area (Å²) in [6.45, 7) is 14.0. The zero-order chi connectivity index (χ0) is 37.6. The zero-order valence-corrected chi connectivity index (χ0v) is 32.5. The van der Waals surface area contributed by atoms with Crippen LogP contribution in [0.25, 0.3) is 55.3 Å². The molecule has 0 amide bonds. The van der Waals surface area contributed by atoms with Crippen molar-refractivity contribution in [1.82, 2.24) is 0 Å². The first kappa shape index (κ1) is 33.4. The van der Waals surface area contributed by atoms with Crippen LogP contribution in [-0.2, 0) is 10.8 Å².